The smallest absolute Gasteiger partial charge is 0.101 e. The first kappa shape index (κ1) is 13.9. The van der Waals surface area contributed by atoms with Gasteiger partial charge in [0.1, 0.15) is 6.07 Å². The number of aromatic nitrogens is 1. The second kappa shape index (κ2) is 6.08. The molecule has 2 rings (SSSR count). The summed E-state index contributed by atoms with van der Waals surface area (Å²) in [6.07, 6.45) is 3.21. The molecule has 0 bridgehead atoms. The van der Waals surface area contributed by atoms with Crippen molar-refractivity contribution in [3.63, 3.8) is 0 Å². The third-order valence-corrected chi connectivity index (χ3v) is 3.62. The van der Waals surface area contributed by atoms with Crippen LogP contribution < -0.4 is 0 Å². The molecule has 0 saturated heterocycles. The molecule has 1 heterocycles. The summed E-state index contributed by atoms with van der Waals surface area (Å²) in [7, 11) is 0. The number of nitriles is 1. The van der Waals surface area contributed by atoms with Gasteiger partial charge in [-0.05, 0) is 35.4 Å². The number of nitrogens with zero attached hydrogens (tertiary/aromatic N) is 2. The van der Waals surface area contributed by atoms with Crippen LogP contribution in [0, 0.1) is 11.3 Å². The Morgan fingerprint density at radius 3 is 2.26 bits per heavy atom. The molecule has 0 fully saturated rings. The summed E-state index contributed by atoms with van der Waals surface area (Å²) in [6.45, 7) is 0. The van der Waals surface area contributed by atoms with Crippen LogP contribution in [0.4, 0.5) is 0 Å². The molecular weight excluding hydrogens is 303 g/mol. The quantitative estimate of drug-likeness (QED) is 0.730. The Bertz CT molecular complexity index is 673. The summed E-state index contributed by atoms with van der Waals surface area (Å²) >= 11 is 18.1. The maximum Gasteiger partial charge on any atom is 0.101 e. The molecule has 0 aliphatic rings. The topological polar surface area (TPSA) is 36.7 Å². The van der Waals surface area contributed by atoms with Gasteiger partial charge in [0.25, 0.3) is 0 Å². The molecule has 0 spiro atoms. The van der Waals surface area contributed by atoms with E-state index in [2.05, 4.69) is 11.1 Å². The fraction of sp³-hybridized carbons (Fsp3) is 0. The third-order valence-electron chi connectivity index (χ3n) is 2.47. The van der Waals surface area contributed by atoms with E-state index < -0.39 is 0 Å². The zero-order valence-electron chi connectivity index (χ0n) is 9.57. The zero-order valence-corrected chi connectivity index (χ0v) is 11.8. The average Bonchev–Trinajstić information content (AvgIpc) is 2.44. The number of pyridine rings is 1. The molecule has 19 heavy (non-hydrogen) atoms. The molecule has 0 saturated carbocycles. The van der Waals surface area contributed by atoms with Crippen LogP contribution in [0.15, 0.2) is 42.7 Å². The standard InChI is InChI=1S/C14H7Cl3N2/c15-12-2-1-10(7-13(12)16)14(17)11(8-18)9-3-5-19-6-4-9/h1-7H/b14-11-. The van der Waals surface area contributed by atoms with Crippen molar-refractivity contribution < 1.29 is 0 Å². The lowest BCUT2D eigenvalue weighted by Crippen LogP contribution is -1.87. The van der Waals surface area contributed by atoms with Crippen LogP contribution in [-0.2, 0) is 0 Å². The first-order valence-corrected chi connectivity index (χ1v) is 6.42. The lowest BCUT2D eigenvalue weighted by Gasteiger charge is -2.05. The first-order valence-electron chi connectivity index (χ1n) is 5.29. The third kappa shape index (κ3) is 3.08. The van der Waals surface area contributed by atoms with Crippen molar-refractivity contribution in [1.29, 1.82) is 5.26 Å². The Balaban J connectivity index is 2.56. The molecule has 2 nitrogen and oxygen atoms in total. The Labute approximate surface area is 125 Å². The second-order valence-electron chi connectivity index (χ2n) is 3.67. The predicted octanol–water partition coefficient (Wildman–Crippen LogP) is 5.02. The summed E-state index contributed by atoms with van der Waals surface area (Å²) in [5.41, 5.74) is 1.71. The molecule has 1 aromatic heterocycles. The van der Waals surface area contributed by atoms with Gasteiger partial charge in [-0.15, -0.1) is 0 Å². The summed E-state index contributed by atoms with van der Waals surface area (Å²) in [4.78, 5) is 3.91. The lowest BCUT2D eigenvalue weighted by atomic mass is 10.0. The minimum atomic E-state index is 0.326. The van der Waals surface area contributed by atoms with Crippen molar-refractivity contribution >= 4 is 45.4 Å². The molecule has 0 amide bonds. The minimum Gasteiger partial charge on any atom is -0.265 e. The van der Waals surface area contributed by atoms with Gasteiger partial charge < -0.3 is 0 Å². The summed E-state index contributed by atoms with van der Waals surface area (Å²) in [5.74, 6) is 0. The van der Waals surface area contributed by atoms with E-state index in [0.29, 0.717) is 31.8 Å². The summed E-state index contributed by atoms with van der Waals surface area (Å²) in [5, 5.41) is 10.4. The van der Waals surface area contributed by atoms with Crippen molar-refractivity contribution in [2.75, 3.05) is 0 Å². The van der Waals surface area contributed by atoms with Gasteiger partial charge in [0.2, 0.25) is 0 Å². The summed E-state index contributed by atoms with van der Waals surface area (Å²) < 4.78 is 0. The molecule has 0 aliphatic carbocycles. The monoisotopic (exact) mass is 308 g/mol. The van der Waals surface area contributed by atoms with Gasteiger partial charge in [-0.3, -0.25) is 4.98 Å². The number of halogens is 3. The van der Waals surface area contributed by atoms with E-state index in [4.69, 9.17) is 34.8 Å². The minimum absolute atomic E-state index is 0.326. The van der Waals surface area contributed by atoms with E-state index in [-0.39, 0.29) is 0 Å². The van der Waals surface area contributed by atoms with Gasteiger partial charge in [-0.1, -0.05) is 40.9 Å². The van der Waals surface area contributed by atoms with Gasteiger partial charge >= 0.3 is 0 Å². The van der Waals surface area contributed by atoms with E-state index in [1.165, 1.54) is 0 Å². The van der Waals surface area contributed by atoms with E-state index in [1.54, 1.807) is 42.7 Å². The van der Waals surface area contributed by atoms with Crippen molar-refractivity contribution in [1.82, 2.24) is 4.98 Å². The number of allylic oxidation sites excluding steroid dienone is 1. The largest absolute Gasteiger partial charge is 0.265 e. The Morgan fingerprint density at radius 2 is 1.68 bits per heavy atom. The predicted molar refractivity (Wildman–Crippen MR) is 79.0 cm³/mol. The highest BCUT2D eigenvalue weighted by atomic mass is 35.5. The first-order chi connectivity index (χ1) is 9.13. The maximum atomic E-state index is 9.26. The second-order valence-corrected chi connectivity index (χ2v) is 4.86. The number of hydrogen-bond acceptors (Lipinski definition) is 2. The van der Waals surface area contributed by atoms with Crippen molar-refractivity contribution in [3.05, 3.63) is 63.9 Å². The van der Waals surface area contributed by atoms with Gasteiger partial charge in [0.05, 0.1) is 20.7 Å². The zero-order chi connectivity index (χ0) is 13.8. The van der Waals surface area contributed by atoms with Crippen LogP contribution in [0.2, 0.25) is 10.0 Å². The number of benzene rings is 1. The Hall–Kier alpha value is -1.53. The SMILES string of the molecule is N#C/C(=C(/Cl)c1ccc(Cl)c(Cl)c1)c1ccncc1. The summed E-state index contributed by atoms with van der Waals surface area (Å²) in [6, 6.07) is 10.5. The Morgan fingerprint density at radius 1 is 1.00 bits per heavy atom. The molecule has 2 aromatic rings. The van der Waals surface area contributed by atoms with E-state index in [1.807, 2.05) is 0 Å². The highest BCUT2D eigenvalue weighted by Crippen LogP contribution is 2.32. The van der Waals surface area contributed by atoms with Crippen molar-refractivity contribution in [2.24, 2.45) is 0 Å². The van der Waals surface area contributed by atoms with Gasteiger partial charge in [0, 0.05) is 12.4 Å². The van der Waals surface area contributed by atoms with E-state index in [0.717, 1.165) is 0 Å². The van der Waals surface area contributed by atoms with Gasteiger partial charge in [-0.2, -0.15) is 5.26 Å². The lowest BCUT2D eigenvalue weighted by molar-refractivity contribution is 1.32. The fourth-order valence-corrected chi connectivity index (χ4v) is 2.10. The highest BCUT2D eigenvalue weighted by Gasteiger charge is 2.10. The molecule has 94 valence electrons. The van der Waals surface area contributed by atoms with Gasteiger partial charge in [0.15, 0.2) is 0 Å². The van der Waals surface area contributed by atoms with Crippen LogP contribution in [0.3, 0.4) is 0 Å². The van der Waals surface area contributed by atoms with E-state index >= 15 is 0 Å². The molecule has 0 radical (unpaired) electrons. The molecule has 5 heteroatoms. The molecule has 1 aromatic carbocycles. The highest BCUT2D eigenvalue weighted by molar-refractivity contribution is 6.53. The van der Waals surface area contributed by atoms with Crippen LogP contribution in [0.5, 0.6) is 0 Å². The van der Waals surface area contributed by atoms with Gasteiger partial charge in [-0.25, -0.2) is 0 Å². The normalized spacial score (nSPS) is 11.7. The molecule has 0 aliphatic heterocycles. The number of rotatable bonds is 2. The maximum absolute atomic E-state index is 9.26. The number of hydrogen-bond donors (Lipinski definition) is 0. The average molecular weight is 310 g/mol. The Kier molecular flexibility index (Phi) is 4.44. The molecule has 0 atom stereocenters. The molecule has 0 unspecified atom stereocenters. The fourth-order valence-electron chi connectivity index (χ4n) is 1.54. The van der Waals surface area contributed by atoms with Crippen LogP contribution >= 0.6 is 34.8 Å². The van der Waals surface area contributed by atoms with Crippen molar-refractivity contribution in [2.45, 2.75) is 0 Å². The van der Waals surface area contributed by atoms with Crippen LogP contribution in [0.1, 0.15) is 11.1 Å². The molecule has 0 N–H and O–H groups in total. The van der Waals surface area contributed by atoms with Crippen molar-refractivity contribution in [3.8, 4) is 6.07 Å². The van der Waals surface area contributed by atoms with Crippen LogP contribution in [-0.4, -0.2) is 4.98 Å². The molecular formula is C14H7Cl3N2. The van der Waals surface area contributed by atoms with Crippen LogP contribution in [0.25, 0.3) is 10.6 Å². The van der Waals surface area contributed by atoms with E-state index in [9.17, 15) is 5.26 Å².